The molecule has 0 radical (unpaired) electrons. The van der Waals surface area contributed by atoms with Crippen LogP contribution in [-0.2, 0) is 19.7 Å². The number of benzene rings is 3. The Labute approximate surface area is 208 Å². The molecule has 0 fully saturated rings. The number of aromatic nitrogens is 2. The van der Waals surface area contributed by atoms with E-state index < -0.39 is 34.9 Å². The molecule has 2 atom stereocenters. The molecule has 0 aliphatic heterocycles. The van der Waals surface area contributed by atoms with Gasteiger partial charge in [0.15, 0.2) is 5.60 Å². The fourth-order valence-electron chi connectivity index (χ4n) is 4.49. The summed E-state index contributed by atoms with van der Waals surface area (Å²) in [5.41, 5.74) is -2.07. The molecule has 0 spiro atoms. The van der Waals surface area contributed by atoms with Gasteiger partial charge in [0.1, 0.15) is 0 Å². The highest BCUT2D eigenvalue weighted by Gasteiger charge is 2.59. The first-order valence-corrected chi connectivity index (χ1v) is 11.2. The molecule has 6 nitrogen and oxygen atoms in total. The molecule has 4 rings (SSSR count). The van der Waals surface area contributed by atoms with E-state index in [0.717, 1.165) is 6.07 Å². The number of imidazole rings is 1. The molecule has 3 aromatic carbocycles. The molecule has 188 valence electrons. The molecular weight excluding hydrogens is 497 g/mol. The summed E-state index contributed by atoms with van der Waals surface area (Å²) in [5, 5.41) is 20.3. The number of aromatic carboxylic acids is 1. The Bertz CT molecular complexity index is 1540. The second kappa shape index (κ2) is 8.83. The Kier molecular flexibility index (Phi) is 6.26. The van der Waals surface area contributed by atoms with Gasteiger partial charge in [0.05, 0.1) is 16.6 Å². The van der Waals surface area contributed by atoms with Crippen LogP contribution in [0.25, 0.3) is 22.2 Å². The highest BCUT2D eigenvalue weighted by atomic mass is 35.5. The molecule has 0 saturated carbocycles. The van der Waals surface area contributed by atoms with Crippen molar-refractivity contribution in [1.82, 2.24) is 9.13 Å². The summed E-state index contributed by atoms with van der Waals surface area (Å²) in [4.78, 5) is 23.3. The smallest absolute Gasteiger partial charge is 0.422 e. The number of alkyl halides is 3. The molecule has 0 aliphatic carbocycles. The van der Waals surface area contributed by atoms with Gasteiger partial charge in [0.2, 0.25) is 0 Å². The largest absolute Gasteiger partial charge is 0.478 e. The topological polar surface area (TPSA) is 84.5 Å². The number of halogens is 4. The van der Waals surface area contributed by atoms with Crippen molar-refractivity contribution < 1.29 is 28.2 Å². The molecule has 4 aromatic rings. The quantitative estimate of drug-likeness (QED) is 0.368. The van der Waals surface area contributed by atoms with Gasteiger partial charge in [-0.1, -0.05) is 48.9 Å². The van der Waals surface area contributed by atoms with Crippen LogP contribution in [0.15, 0.2) is 65.5 Å². The van der Waals surface area contributed by atoms with Crippen LogP contribution in [0.3, 0.4) is 0 Å². The van der Waals surface area contributed by atoms with Crippen molar-refractivity contribution in [3.63, 3.8) is 0 Å². The van der Waals surface area contributed by atoms with E-state index in [-0.39, 0.29) is 21.7 Å². The molecule has 0 bridgehead atoms. The van der Waals surface area contributed by atoms with Gasteiger partial charge in [-0.15, -0.1) is 0 Å². The molecule has 0 amide bonds. The first-order chi connectivity index (χ1) is 16.8. The average molecular weight is 519 g/mol. The summed E-state index contributed by atoms with van der Waals surface area (Å²) in [5.74, 6) is -2.59. The van der Waals surface area contributed by atoms with Gasteiger partial charge >= 0.3 is 17.8 Å². The lowest BCUT2D eigenvalue weighted by molar-refractivity contribution is -0.274. The lowest BCUT2D eigenvalue weighted by Gasteiger charge is -2.37. The Morgan fingerprint density at radius 1 is 0.917 bits per heavy atom. The van der Waals surface area contributed by atoms with Crippen LogP contribution in [0, 0.1) is 0 Å². The van der Waals surface area contributed by atoms with Crippen molar-refractivity contribution in [3.8, 4) is 11.1 Å². The van der Waals surface area contributed by atoms with Crippen LogP contribution in [0.5, 0.6) is 0 Å². The molecule has 0 aliphatic rings. The predicted molar refractivity (Wildman–Crippen MR) is 130 cm³/mol. The van der Waals surface area contributed by atoms with Crippen molar-refractivity contribution >= 4 is 28.6 Å². The summed E-state index contributed by atoms with van der Waals surface area (Å²) in [7, 11) is 2.96. The zero-order valence-corrected chi connectivity index (χ0v) is 20.2. The molecule has 36 heavy (non-hydrogen) atoms. The van der Waals surface area contributed by atoms with Crippen LogP contribution in [0.4, 0.5) is 13.2 Å². The third kappa shape index (κ3) is 3.98. The summed E-state index contributed by atoms with van der Waals surface area (Å²) in [6.45, 7) is 1.24. The number of fused-ring (bicyclic) bond motifs is 1. The van der Waals surface area contributed by atoms with E-state index in [1.807, 2.05) is 0 Å². The van der Waals surface area contributed by atoms with Crippen molar-refractivity contribution in [2.24, 2.45) is 14.1 Å². The highest BCUT2D eigenvalue weighted by molar-refractivity contribution is 6.31. The molecular formula is C26H22ClF3N2O4. The van der Waals surface area contributed by atoms with Gasteiger partial charge in [-0.25, -0.2) is 9.59 Å². The van der Waals surface area contributed by atoms with Gasteiger partial charge in [0, 0.05) is 25.0 Å². The third-order valence-electron chi connectivity index (χ3n) is 6.70. The van der Waals surface area contributed by atoms with E-state index in [1.165, 1.54) is 66.6 Å². The Morgan fingerprint density at radius 2 is 1.50 bits per heavy atom. The molecule has 2 unspecified atom stereocenters. The number of hydrogen-bond donors (Lipinski definition) is 2. The average Bonchev–Trinajstić information content (AvgIpc) is 3.05. The summed E-state index contributed by atoms with van der Waals surface area (Å²) < 4.78 is 46.0. The van der Waals surface area contributed by atoms with Crippen molar-refractivity contribution in [2.45, 2.75) is 24.6 Å². The highest BCUT2D eigenvalue weighted by Crippen LogP contribution is 2.50. The van der Waals surface area contributed by atoms with Gasteiger partial charge in [-0.05, 0) is 52.6 Å². The first kappa shape index (κ1) is 25.5. The fraction of sp³-hybridized carbons (Fsp3) is 0.231. The standard InChI is InChI=1S/C26H22ClF3N2O4/c1-14(19-10-8-17(12-20(19)27)15-4-6-16(7-5-15)23(33)34)25(36,26(28,29)30)18-9-11-21-22(13-18)32(3)24(35)31(21)2/h4-14,36H,1-3H3,(H,33,34). The monoisotopic (exact) mass is 518 g/mol. The van der Waals surface area contributed by atoms with Crippen LogP contribution < -0.4 is 5.69 Å². The Hall–Kier alpha value is -3.56. The van der Waals surface area contributed by atoms with Gasteiger partial charge in [0.25, 0.3) is 0 Å². The predicted octanol–water partition coefficient (Wildman–Crippen LogP) is 5.45. The molecule has 2 N–H and O–H groups in total. The molecule has 1 aromatic heterocycles. The number of carbonyl (C=O) groups is 1. The zero-order valence-electron chi connectivity index (χ0n) is 19.5. The summed E-state index contributed by atoms with van der Waals surface area (Å²) >= 11 is 6.42. The minimum absolute atomic E-state index is 0.0122. The van der Waals surface area contributed by atoms with Crippen LogP contribution in [-0.4, -0.2) is 31.5 Å². The first-order valence-electron chi connectivity index (χ1n) is 10.9. The third-order valence-corrected chi connectivity index (χ3v) is 7.03. The number of rotatable bonds is 5. The van der Waals surface area contributed by atoms with E-state index in [2.05, 4.69) is 0 Å². The normalized spacial score (nSPS) is 14.6. The number of carboxylic acid groups (broad SMARTS) is 1. The molecule has 10 heteroatoms. The zero-order chi connectivity index (χ0) is 26.6. The van der Waals surface area contributed by atoms with E-state index in [9.17, 15) is 27.9 Å². The Balaban J connectivity index is 1.80. The molecule has 1 heterocycles. The summed E-state index contributed by atoms with van der Waals surface area (Å²) in [6.07, 6.45) is -5.07. The lowest BCUT2D eigenvalue weighted by atomic mass is 9.77. The van der Waals surface area contributed by atoms with Crippen molar-refractivity contribution in [3.05, 3.63) is 92.9 Å². The van der Waals surface area contributed by atoms with E-state index in [4.69, 9.17) is 16.7 Å². The minimum Gasteiger partial charge on any atom is -0.478 e. The fourth-order valence-corrected chi connectivity index (χ4v) is 4.84. The maximum absolute atomic E-state index is 14.5. The SMILES string of the molecule is CC(c1ccc(-c2ccc(C(=O)O)cc2)cc1Cl)C(O)(c1ccc2c(c1)n(C)c(=O)n2C)C(F)(F)F. The maximum atomic E-state index is 14.5. The van der Waals surface area contributed by atoms with Crippen LogP contribution in [0.2, 0.25) is 5.02 Å². The van der Waals surface area contributed by atoms with Gasteiger partial charge in [-0.2, -0.15) is 13.2 Å². The number of aryl methyl sites for hydroxylation is 2. The number of hydrogen-bond acceptors (Lipinski definition) is 3. The summed E-state index contributed by atoms with van der Waals surface area (Å²) in [6, 6.07) is 14.1. The van der Waals surface area contributed by atoms with Crippen LogP contribution >= 0.6 is 11.6 Å². The lowest BCUT2D eigenvalue weighted by Crippen LogP contribution is -2.46. The van der Waals surface area contributed by atoms with Crippen molar-refractivity contribution in [1.29, 1.82) is 0 Å². The van der Waals surface area contributed by atoms with Gasteiger partial charge in [-0.3, -0.25) is 9.13 Å². The van der Waals surface area contributed by atoms with Gasteiger partial charge < -0.3 is 10.2 Å². The van der Waals surface area contributed by atoms with E-state index >= 15 is 0 Å². The maximum Gasteiger partial charge on any atom is 0.422 e. The minimum atomic E-state index is -5.07. The van der Waals surface area contributed by atoms with E-state index in [1.54, 1.807) is 18.2 Å². The number of aliphatic hydroxyl groups is 1. The number of nitrogens with zero attached hydrogens (tertiary/aromatic N) is 2. The van der Waals surface area contributed by atoms with Crippen LogP contribution in [0.1, 0.15) is 34.3 Å². The second-order valence-corrected chi connectivity index (χ2v) is 9.12. The Morgan fingerprint density at radius 3 is 2.06 bits per heavy atom. The second-order valence-electron chi connectivity index (χ2n) is 8.71. The van der Waals surface area contributed by atoms with E-state index in [0.29, 0.717) is 16.6 Å². The molecule has 0 saturated heterocycles. The van der Waals surface area contributed by atoms with Crippen molar-refractivity contribution in [2.75, 3.05) is 0 Å². The number of carboxylic acids is 1.